The van der Waals surface area contributed by atoms with E-state index in [1.54, 1.807) is 24.3 Å². The Bertz CT molecular complexity index is 1410. The van der Waals surface area contributed by atoms with E-state index in [-0.39, 0.29) is 11.3 Å². The van der Waals surface area contributed by atoms with Crippen molar-refractivity contribution in [1.29, 1.82) is 0 Å². The first kappa shape index (κ1) is 19.4. The fourth-order valence-corrected chi connectivity index (χ4v) is 3.65. The van der Waals surface area contributed by atoms with Crippen molar-refractivity contribution >= 4 is 22.7 Å². The predicted octanol–water partition coefficient (Wildman–Crippen LogP) is 3.85. The number of hydrogen-bond donors (Lipinski definition) is 1. The number of ether oxygens (including phenoxy) is 1. The van der Waals surface area contributed by atoms with Crippen LogP contribution >= 0.6 is 0 Å². The van der Waals surface area contributed by atoms with Crippen LogP contribution in [0.15, 0.2) is 85.2 Å². The maximum Gasteiger partial charge on any atom is 0.340 e. The van der Waals surface area contributed by atoms with E-state index in [0.717, 1.165) is 16.5 Å². The largest absolute Gasteiger partial charge is 0.454 e. The summed E-state index contributed by atoms with van der Waals surface area (Å²) in [5.74, 6) is -0.930. The molecule has 0 saturated carbocycles. The molecule has 0 atom stereocenters. The predicted molar refractivity (Wildman–Crippen MR) is 118 cm³/mol. The summed E-state index contributed by atoms with van der Waals surface area (Å²) in [4.78, 5) is 29.3. The number of Topliss-reactive ketones (excluding diaryl/α,β-unsaturated/α-hetero) is 1. The number of carbonyl (C=O) groups excluding carboxylic acids is 2. The first-order chi connectivity index (χ1) is 15.7. The molecule has 5 rings (SSSR count). The normalized spacial score (nSPS) is 10.9. The van der Waals surface area contributed by atoms with Crippen molar-refractivity contribution in [1.82, 2.24) is 25.2 Å². The summed E-state index contributed by atoms with van der Waals surface area (Å²) in [6.07, 6.45) is 1.38. The fourth-order valence-electron chi connectivity index (χ4n) is 3.65. The highest BCUT2D eigenvalue weighted by molar-refractivity contribution is 6.14. The van der Waals surface area contributed by atoms with Gasteiger partial charge in [0.1, 0.15) is 6.33 Å². The van der Waals surface area contributed by atoms with Crippen LogP contribution in [0.25, 0.3) is 27.8 Å². The van der Waals surface area contributed by atoms with Crippen molar-refractivity contribution < 1.29 is 14.3 Å². The maximum atomic E-state index is 13.2. The zero-order chi connectivity index (χ0) is 21.9. The minimum atomic E-state index is -0.634. The van der Waals surface area contributed by atoms with Crippen molar-refractivity contribution in [2.75, 3.05) is 6.61 Å². The number of para-hydroxylation sites is 2. The van der Waals surface area contributed by atoms with Crippen molar-refractivity contribution in [3.05, 3.63) is 96.3 Å². The Labute approximate surface area is 182 Å². The average molecular weight is 423 g/mol. The van der Waals surface area contributed by atoms with E-state index in [4.69, 9.17) is 4.74 Å². The Balaban J connectivity index is 1.44. The van der Waals surface area contributed by atoms with Gasteiger partial charge in [0.05, 0.1) is 22.5 Å². The molecule has 0 aliphatic heterocycles. The number of hydrogen-bond acceptors (Lipinski definition) is 6. The Morgan fingerprint density at radius 2 is 1.66 bits per heavy atom. The molecule has 32 heavy (non-hydrogen) atoms. The van der Waals surface area contributed by atoms with Gasteiger partial charge in [0.15, 0.2) is 6.61 Å². The van der Waals surface area contributed by atoms with Crippen LogP contribution in [0.2, 0.25) is 0 Å². The zero-order valence-electron chi connectivity index (χ0n) is 16.8. The molecule has 8 heteroatoms. The molecule has 0 saturated heterocycles. The van der Waals surface area contributed by atoms with Gasteiger partial charge in [-0.1, -0.05) is 60.7 Å². The quantitative estimate of drug-likeness (QED) is 0.329. The smallest absolute Gasteiger partial charge is 0.340 e. The number of tetrazole rings is 1. The number of nitrogens with zero attached hydrogens (tertiary/aromatic N) is 4. The van der Waals surface area contributed by atoms with E-state index in [2.05, 4.69) is 20.5 Å². The van der Waals surface area contributed by atoms with E-state index in [9.17, 15) is 9.59 Å². The number of rotatable bonds is 6. The lowest BCUT2D eigenvalue weighted by Crippen LogP contribution is -2.16. The van der Waals surface area contributed by atoms with Crippen LogP contribution in [-0.4, -0.2) is 43.6 Å². The van der Waals surface area contributed by atoms with Gasteiger partial charge in [-0.2, -0.15) is 4.68 Å². The molecule has 0 aliphatic carbocycles. The minimum Gasteiger partial charge on any atom is -0.454 e. The van der Waals surface area contributed by atoms with E-state index in [1.165, 1.54) is 11.0 Å². The Hall–Kier alpha value is -4.59. The van der Waals surface area contributed by atoms with Gasteiger partial charge in [0.25, 0.3) is 0 Å². The topological polar surface area (TPSA) is 103 Å². The summed E-state index contributed by atoms with van der Waals surface area (Å²) >= 11 is 0. The Morgan fingerprint density at radius 3 is 2.47 bits per heavy atom. The van der Waals surface area contributed by atoms with Gasteiger partial charge in [-0.25, -0.2) is 4.79 Å². The fraction of sp³-hybridized carbons (Fsp3) is 0.0417. The number of nitrogens with one attached hydrogen (secondary N) is 1. The highest BCUT2D eigenvalue weighted by Crippen LogP contribution is 2.30. The van der Waals surface area contributed by atoms with E-state index >= 15 is 0 Å². The van der Waals surface area contributed by atoms with E-state index in [0.29, 0.717) is 16.9 Å². The van der Waals surface area contributed by atoms with Gasteiger partial charge >= 0.3 is 5.97 Å². The number of benzene rings is 3. The van der Waals surface area contributed by atoms with Gasteiger partial charge in [-0.05, 0) is 34.2 Å². The molecular weight excluding hydrogens is 406 g/mol. The molecule has 156 valence electrons. The molecule has 0 unspecified atom stereocenters. The molecule has 0 amide bonds. The van der Waals surface area contributed by atoms with Gasteiger partial charge < -0.3 is 9.72 Å². The van der Waals surface area contributed by atoms with Gasteiger partial charge in [-0.15, -0.1) is 5.10 Å². The molecule has 5 aromatic rings. The van der Waals surface area contributed by atoms with Crippen LogP contribution in [0, 0.1) is 0 Å². The van der Waals surface area contributed by atoms with Crippen LogP contribution in [-0.2, 0) is 4.74 Å². The van der Waals surface area contributed by atoms with Crippen molar-refractivity contribution in [3.63, 3.8) is 0 Å². The van der Waals surface area contributed by atoms with Crippen molar-refractivity contribution in [3.8, 4) is 16.9 Å². The second kappa shape index (κ2) is 8.27. The summed E-state index contributed by atoms with van der Waals surface area (Å²) in [7, 11) is 0. The maximum absolute atomic E-state index is 13.2. The molecule has 0 bridgehead atoms. The summed E-state index contributed by atoms with van der Waals surface area (Å²) in [5.41, 5.74) is 3.63. The lowest BCUT2D eigenvalue weighted by molar-refractivity contribution is 0.0475. The number of aromatic nitrogens is 5. The SMILES string of the molecule is O=C(OCC(=O)c1c(-c2ccccc2)[nH]c2ccccc12)c1ccccc1-n1cnnn1. The molecule has 0 aliphatic rings. The first-order valence-corrected chi connectivity index (χ1v) is 9.91. The van der Waals surface area contributed by atoms with E-state index in [1.807, 2.05) is 54.6 Å². The summed E-state index contributed by atoms with van der Waals surface area (Å²) in [5, 5.41) is 11.8. The standard InChI is InChI=1S/C24H17N5O3/c30-21(14-32-24(31)18-11-5-7-13-20(18)29-15-25-27-28-29)22-17-10-4-6-12-19(17)26-23(22)16-8-2-1-3-9-16/h1-13,15,26H,14H2. The summed E-state index contributed by atoms with van der Waals surface area (Å²) in [6, 6.07) is 23.9. The third-order valence-corrected chi connectivity index (χ3v) is 5.10. The van der Waals surface area contributed by atoms with Gasteiger partial charge in [0, 0.05) is 10.9 Å². The van der Waals surface area contributed by atoms with Gasteiger partial charge in [0.2, 0.25) is 5.78 Å². The van der Waals surface area contributed by atoms with Crippen LogP contribution in [0.1, 0.15) is 20.7 Å². The number of carbonyl (C=O) groups is 2. The molecule has 1 N–H and O–H groups in total. The highest BCUT2D eigenvalue weighted by Gasteiger charge is 2.22. The highest BCUT2D eigenvalue weighted by atomic mass is 16.5. The Morgan fingerprint density at radius 1 is 0.906 bits per heavy atom. The van der Waals surface area contributed by atoms with Crippen LogP contribution in [0.5, 0.6) is 0 Å². The van der Waals surface area contributed by atoms with Crippen LogP contribution in [0.4, 0.5) is 0 Å². The number of fused-ring (bicyclic) bond motifs is 1. The lowest BCUT2D eigenvalue weighted by Gasteiger charge is -2.09. The van der Waals surface area contributed by atoms with Gasteiger partial charge in [-0.3, -0.25) is 4.79 Å². The lowest BCUT2D eigenvalue weighted by atomic mass is 10.0. The first-order valence-electron chi connectivity index (χ1n) is 9.91. The van der Waals surface area contributed by atoms with Crippen LogP contribution in [0.3, 0.4) is 0 Å². The summed E-state index contributed by atoms with van der Waals surface area (Å²) in [6.45, 7) is -0.398. The molecule has 2 heterocycles. The molecular formula is C24H17N5O3. The molecule has 0 fully saturated rings. The van der Waals surface area contributed by atoms with Crippen molar-refractivity contribution in [2.24, 2.45) is 0 Å². The number of H-pyrrole nitrogens is 1. The molecule has 2 aromatic heterocycles. The van der Waals surface area contributed by atoms with Crippen molar-refractivity contribution in [2.45, 2.75) is 0 Å². The van der Waals surface area contributed by atoms with E-state index < -0.39 is 12.6 Å². The summed E-state index contributed by atoms with van der Waals surface area (Å²) < 4.78 is 6.77. The minimum absolute atomic E-state index is 0.259. The zero-order valence-corrected chi connectivity index (χ0v) is 16.8. The number of esters is 1. The second-order valence-corrected chi connectivity index (χ2v) is 7.06. The monoisotopic (exact) mass is 423 g/mol. The van der Waals surface area contributed by atoms with Crippen LogP contribution < -0.4 is 0 Å². The average Bonchev–Trinajstić information content (AvgIpc) is 3.51. The second-order valence-electron chi connectivity index (χ2n) is 7.06. The third kappa shape index (κ3) is 3.54. The third-order valence-electron chi connectivity index (χ3n) is 5.10. The molecule has 3 aromatic carbocycles. The molecule has 0 spiro atoms. The Kier molecular flexibility index (Phi) is 5.01. The molecule has 0 radical (unpaired) electrons. The molecule has 8 nitrogen and oxygen atoms in total. The number of ketones is 1. The number of aromatic amines is 1.